The third kappa shape index (κ3) is 10.0. The molecule has 1 aromatic carbocycles. The molecule has 0 heterocycles. The fourth-order valence-electron chi connectivity index (χ4n) is 2.44. The Labute approximate surface area is 181 Å². The Balaban J connectivity index is 0.00000676. The van der Waals surface area contributed by atoms with Crippen LogP contribution in [-0.4, -0.2) is 44.8 Å². The minimum Gasteiger partial charge on any atom is -0.490 e. The van der Waals surface area contributed by atoms with Crippen molar-refractivity contribution in [2.45, 2.75) is 53.1 Å². The first kappa shape index (κ1) is 25.8. The van der Waals surface area contributed by atoms with Crippen molar-refractivity contribution in [1.82, 2.24) is 16.0 Å². The zero-order valence-electron chi connectivity index (χ0n) is 17.8. The molecule has 156 valence electrons. The second-order valence-corrected chi connectivity index (χ2v) is 7.11. The lowest BCUT2D eigenvalue weighted by molar-refractivity contribution is 0.287. The number of halogens is 1. The number of aliphatic imine (C=N–C) groups is 1. The van der Waals surface area contributed by atoms with Crippen molar-refractivity contribution in [3.63, 3.8) is 0 Å². The Morgan fingerprint density at radius 2 is 1.70 bits per heavy atom. The van der Waals surface area contributed by atoms with E-state index in [4.69, 9.17) is 9.47 Å². The van der Waals surface area contributed by atoms with Crippen LogP contribution in [-0.2, 0) is 0 Å². The van der Waals surface area contributed by atoms with E-state index in [1.165, 1.54) is 0 Å². The fourth-order valence-corrected chi connectivity index (χ4v) is 2.44. The van der Waals surface area contributed by atoms with Crippen molar-refractivity contribution in [3.05, 3.63) is 23.8 Å². The Kier molecular flexibility index (Phi) is 12.5. The maximum absolute atomic E-state index is 5.72. The molecular weight excluding hydrogens is 455 g/mol. The summed E-state index contributed by atoms with van der Waals surface area (Å²) >= 11 is 0. The first-order chi connectivity index (χ1) is 12.3. The summed E-state index contributed by atoms with van der Waals surface area (Å²) in [6.45, 7) is 15.4. The zero-order chi connectivity index (χ0) is 19.6. The van der Waals surface area contributed by atoms with Gasteiger partial charge in [-0.2, -0.15) is 0 Å². The highest BCUT2D eigenvalue weighted by Gasteiger charge is 2.13. The maximum atomic E-state index is 5.72. The molecule has 1 unspecified atom stereocenters. The number of guanidine groups is 1. The van der Waals surface area contributed by atoms with E-state index in [0.29, 0.717) is 13.2 Å². The van der Waals surface area contributed by atoms with E-state index in [9.17, 15) is 0 Å². The van der Waals surface area contributed by atoms with Gasteiger partial charge in [-0.05, 0) is 59.2 Å². The summed E-state index contributed by atoms with van der Waals surface area (Å²) in [5, 5.41) is 10.2. The minimum atomic E-state index is 0. The predicted molar refractivity (Wildman–Crippen MR) is 125 cm³/mol. The van der Waals surface area contributed by atoms with E-state index in [-0.39, 0.29) is 35.6 Å². The number of hydrogen-bond acceptors (Lipinski definition) is 4. The highest BCUT2D eigenvalue weighted by molar-refractivity contribution is 14.0. The number of nitrogens with zero attached hydrogens (tertiary/aromatic N) is 1. The van der Waals surface area contributed by atoms with Gasteiger partial charge in [0, 0.05) is 25.7 Å². The number of benzene rings is 1. The molecule has 6 nitrogen and oxygen atoms in total. The summed E-state index contributed by atoms with van der Waals surface area (Å²) < 4.78 is 11.3. The Morgan fingerprint density at radius 1 is 1.07 bits per heavy atom. The molecule has 0 aliphatic heterocycles. The van der Waals surface area contributed by atoms with E-state index in [2.05, 4.69) is 54.7 Å². The lowest BCUT2D eigenvalue weighted by Crippen LogP contribution is -2.45. The van der Waals surface area contributed by atoms with Crippen molar-refractivity contribution in [1.29, 1.82) is 0 Å². The van der Waals surface area contributed by atoms with Gasteiger partial charge in [0.05, 0.1) is 19.3 Å². The molecule has 1 aromatic rings. The molecule has 0 amide bonds. The second kappa shape index (κ2) is 13.0. The monoisotopic (exact) mass is 492 g/mol. The smallest absolute Gasteiger partial charge is 0.191 e. The van der Waals surface area contributed by atoms with Crippen molar-refractivity contribution in [2.24, 2.45) is 4.99 Å². The van der Waals surface area contributed by atoms with Gasteiger partial charge in [-0.25, -0.2) is 0 Å². The molecule has 7 heteroatoms. The normalized spacial score (nSPS) is 12.8. The van der Waals surface area contributed by atoms with E-state index < -0.39 is 0 Å². The molecule has 0 radical (unpaired) electrons. The summed E-state index contributed by atoms with van der Waals surface area (Å²) in [6.07, 6.45) is 0. The molecule has 1 rings (SSSR count). The highest BCUT2D eigenvalue weighted by Crippen LogP contribution is 2.30. The van der Waals surface area contributed by atoms with Crippen LogP contribution in [0.3, 0.4) is 0 Å². The van der Waals surface area contributed by atoms with Gasteiger partial charge in [0.1, 0.15) is 0 Å². The van der Waals surface area contributed by atoms with Crippen molar-refractivity contribution in [2.75, 3.05) is 33.4 Å². The topological polar surface area (TPSA) is 66.9 Å². The highest BCUT2D eigenvalue weighted by atomic mass is 127. The summed E-state index contributed by atoms with van der Waals surface area (Å²) in [4.78, 5) is 4.30. The molecule has 0 fully saturated rings. The third-order valence-electron chi connectivity index (χ3n) is 3.72. The predicted octanol–water partition coefficient (Wildman–Crippen LogP) is 3.72. The average molecular weight is 492 g/mol. The van der Waals surface area contributed by atoms with Gasteiger partial charge in [0.25, 0.3) is 0 Å². The van der Waals surface area contributed by atoms with Crippen LogP contribution < -0.4 is 25.4 Å². The summed E-state index contributed by atoms with van der Waals surface area (Å²) in [7, 11) is 1.78. The van der Waals surface area contributed by atoms with E-state index in [0.717, 1.165) is 36.1 Å². The van der Waals surface area contributed by atoms with Gasteiger partial charge in [-0.15, -0.1) is 24.0 Å². The van der Waals surface area contributed by atoms with Crippen molar-refractivity contribution < 1.29 is 9.47 Å². The molecule has 0 aliphatic carbocycles. The molecule has 1 atom stereocenters. The summed E-state index contributed by atoms with van der Waals surface area (Å²) in [5.74, 6) is 2.33. The number of rotatable bonds is 9. The second-order valence-electron chi connectivity index (χ2n) is 7.11. The van der Waals surface area contributed by atoms with Crippen LogP contribution in [0.1, 0.15) is 53.1 Å². The molecule has 3 N–H and O–H groups in total. The molecular formula is C20H37IN4O2. The molecule has 0 aliphatic rings. The van der Waals surface area contributed by atoms with Crippen LogP contribution >= 0.6 is 24.0 Å². The number of ether oxygens (including phenoxy) is 2. The van der Waals surface area contributed by atoms with Gasteiger partial charge in [-0.1, -0.05) is 6.07 Å². The molecule has 0 bridgehead atoms. The van der Waals surface area contributed by atoms with Gasteiger partial charge in [0.2, 0.25) is 0 Å². The van der Waals surface area contributed by atoms with Crippen LogP contribution in [0.5, 0.6) is 11.5 Å². The van der Waals surface area contributed by atoms with E-state index in [1.54, 1.807) is 7.05 Å². The molecule has 0 aromatic heterocycles. The quantitative estimate of drug-likeness (QED) is 0.212. The average Bonchev–Trinajstić information content (AvgIpc) is 2.58. The van der Waals surface area contributed by atoms with Crippen LogP contribution in [0.25, 0.3) is 0 Å². The Morgan fingerprint density at radius 3 is 2.26 bits per heavy atom. The number of nitrogens with one attached hydrogen (secondary N) is 3. The van der Waals surface area contributed by atoms with E-state index >= 15 is 0 Å². The zero-order valence-corrected chi connectivity index (χ0v) is 20.1. The summed E-state index contributed by atoms with van der Waals surface area (Å²) in [5.41, 5.74) is 1.23. The van der Waals surface area contributed by atoms with Crippen molar-refractivity contribution in [3.8, 4) is 11.5 Å². The van der Waals surface area contributed by atoms with Gasteiger partial charge in [-0.3, -0.25) is 4.99 Å². The lowest BCUT2D eigenvalue weighted by atomic mass is 10.1. The lowest BCUT2D eigenvalue weighted by Gasteiger charge is -2.22. The fraction of sp³-hybridized carbons (Fsp3) is 0.650. The van der Waals surface area contributed by atoms with Crippen LogP contribution in [0.4, 0.5) is 0 Å². The SMILES string of the molecule is CCOc1ccc(C(C)NC(=NC)NCCNC(C)(C)C)cc1OCC.I. The molecule has 0 saturated carbocycles. The Hall–Kier alpha value is -1.22. The first-order valence-corrected chi connectivity index (χ1v) is 9.42. The Bertz CT molecular complexity index is 574. The van der Waals surface area contributed by atoms with Gasteiger partial charge in [0.15, 0.2) is 17.5 Å². The third-order valence-corrected chi connectivity index (χ3v) is 3.72. The van der Waals surface area contributed by atoms with Crippen LogP contribution in [0.2, 0.25) is 0 Å². The molecule has 0 spiro atoms. The van der Waals surface area contributed by atoms with Crippen LogP contribution in [0, 0.1) is 0 Å². The molecule has 0 saturated heterocycles. The largest absolute Gasteiger partial charge is 0.490 e. The van der Waals surface area contributed by atoms with Gasteiger partial charge < -0.3 is 25.4 Å². The van der Waals surface area contributed by atoms with Gasteiger partial charge >= 0.3 is 0 Å². The maximum Gasteiger partial charge on any atom is 0.191 e. The number of hydrogen-bond donors (Lipinski definition) is 3. The minimum absolute atomic E-state index is 0. The van der Waals surface area contributed by atoms with Crippen molar-refractivity contribution >= 4 is 29.9 Å². The standard InChI is InChI=1S/C20H36N4O2.HI/c1-8-25-17-11-10-16(14-18(17)26-9-2)15(3)24-19(21-7)22-12-13-23-20(4,5)6;/h10-11,14-15,23H,8-9,12-13H2,1-7H3,(H2,21,22,24);1H. The van der Waals surface area contributed by atoms with E-state index in [1.807, 2.05) is 26.0 Å². The van der Waals surface area contributed by atoms with Crippen LogP contribution in [0.15, 0.2) is 23.2 Å². The first-order valence-electron chi connectivity index (χ1n) is 9.42. The summed E-state index contributed by atoms with van der Waals surface area (Å²) in [6, 6.07) is 6.14. The molecule has 27 heavy (non-hydrogen) atoms.